The number of methoxy groups -OCH3 is 1. The van der Waals surface area contributed by atoms with Gasteiger partial charge in [-0.05, 0) is 31.4 Å². The van der Waals surface area contributed by atoms with Crippen LogP contribution in [0.15, 0.2) is 18.2 Å². The molecule has 2 aliphatic rings. The van der Waals surface area contributed by atoms with Gasteiger partial charge in [0.05, 0.1) is 12.0 Å². The number of likely N-dealkylation sites (tertiary alicyclic amines) is 1. The minimum absolute atomic E-state index is 0.0882. The first kappa shape index (κ1) is 18.0. The fourth-order valence-electron chi connectivity index (χ4n) is 3.77. The summed E-state index contributed by atoms with van der Waals surface area (Å²) in [5.74, 6) is 0.374. The molecule has 1 aromatic heterocycles. The highest BCUT2D eigenvalue weighted by Crippen LogP contribution is 2.41. The van der Waals surface area contributed by atoms with Gasteiger partial charge in [-0.2, -0.15) is 13.2 Å². The summed E-state index contributed by atoms with van der Waals surface area (Å²) in [6, 6.07) is 3.90. The quantitative estimate of drug-likeness (QED) is 0.831. The third-order valence-corrected chi connectivity index (χ3v) is 5.09. The zero-order chi connectivity index (χ0) is 18.1. The van der Waals surface area contributed by atoms with Crippen molar-refractivity contribution in [3.05, 3.63) is 23.9 Å². The summed E-state index contributed by atoms with van der Waals surface area (Å²) >= 11 is 0. The molecule has 2 aliphatic heterocycles. The monoisotopic (exact) mass is 357 g/mol. The molecule has 25 heavy (non-hydrogen) atoms. The van der Waals surface area contributed by atoms with Crippen LogP contribution in [0.4, 0.5) is 19.0 Å². The van der Waals surface area contributed by atoms with Crippen molar-refractivity contribution in [3.63, 3.8) is 0 Å². The standard InChI is InChI=1S/C17H22F3N3O2/c1-25-11-10-22-8-3-6-16(15(22)24)7-9-23(12-16)14-5-2-4-13(21-14)17(18,19)20/h2,4-5H,3,6-12H2,1H3/t16-/m1/s1. The number of aromatic nitrogens is 1. The molecule has 0 aromatic carbocycles. The zero-order valence-electron chi connectivity index (χ0n) is 14.2. The van der Waals surface area contributed by atoms with Crippen LogP contribution in [0.2, 0.25) is 0 Å². The number of rotatable bonds is 4. The minimum atomic E-state index is -4.47. The predicted octanol–water partition coefficient (Wildman–Crippen LogP) is 2.57. The van der Waals surface area contributed by atoms with Gasteiger partial charge in [-0.15, -0.1) is 0 Å². The molecule has 1 aromatic rings. The number of carbonyl (C=O) groups excluding carboxylic acids is 1. The molecule has 138 valence electrons. The van der Waals surface area contributed by atoms with Crippen LogP contribution in [-0.4, -0.2) is 55.7 Å². The van der Waals surface area contributed by atoms with E-state index in [0.29, 0.717) is 39.2 Å². The van der Waals surface area contributed by atoms with Crippen LogP contribution in [0.5, 0.6) is 0 Å². The van der Waals surface area contributed by atoms with E-state index in [0.717, 1.165) is 18.9 Å². The Balaban J connectivity index is 1.75. The molecule has 0 bridgehead atoms. The number of ether oxygens (including phenoxy) is 1. The Kier molecular flexibility index (Phi) is 4.90. The van der Waals surface area contributed by atoms with Gasteiger partial charge >= 0.3 is 6.18 Å². The molecule has 0 N–H and O–H groups in total. The second-order valence-corrected chi connectivity index (χ2v) is 6.72. The molecule has 5 nitrogen and oxygen atoms in total. The van der Waals surface area contributed by atoms with Gasteiger partial charge in [-0.3, -0.25) is 4.79 Å². The number of carbonyl (C=O) groups is 1. The molecule has 8 heteroatoms. The largest absolute Gasteiger partial charge is 0.433 e. The van der Waals surface area contributed by atoms with Crippen LogP contribution in [0, 0.1) is 5.41 Å². The number of amides is 1. The maximum atomic E-state index is 12.9. The first-order valence-electron chi connectivity index (χ1n) is 8.43. The normalized spacial score (nSPS) is 24.4. The lowest BCUT2D eigenvalue weighted by Gasteiger charge is -2.39. The van der Waals surface area contributed by atoms with Crippen molar-refractivity contribution >= 4 is 11.7 Å². The van der Waals surface area contributed by atoms with Gasteiger partial charge in [-0.25, -0.2) is 4.98 Å². The van der Waals surface area contributed by atoms with E-state index in [1.54, 1.807) is 18.1 Å². The number of hydrogen-bond donors (Lipinski definition) is 0. The van der Waals surface area contributed by atoms with E-state index in [1.807, 2.05) is 4.90 Å². The van der Waals surface area contributed by atoms with Crippen molar-refractivity contribution in [1.29, 1.82) is 0 Å². The highest BCUT2D eigenvalue weighted by atomic mass is 19.4. The maximum absolute atomic E-state index is 12.9. The van der Waals surface area contributed by atoms with Gasteiger partial charge in [0.1, 0.15) is 11.5 Å². The fourth-order valence-corrected chi connectivity index (χ4v) is 3.77. The average molecular weight is 357 g/mol. The number of halogens is 3. The molecule has 2 saturated heterocycles. The molecular formula is C17H22F3N3O2. The Hall–Kier alpha value is -1.83. The minimum Gasteiger partial charge on any atom is -0.383 e. The Morgan fingerprint density at radius 1 is 1.28 bits per heavy atom. The number of pyridine rings is 1. The Morgan fingerprint density at radius 3 is 2.80 bits per heavy atom. The van der Waals surface area contributed by atoms with Crippen LogP contribution < -0.4 is 4.90 Å². The van der Waals surface area contributed by atoms with Crippen molar-refractivity contribution in [1.82, 2.24) is 9.88 Å². The SMILES string of the molecule is COCCN1CCC[C@]2(CCN(c3cccc(C(F)(F)F)n3)C2)C1=O. The number of alkyl halides is 3. The van der Waals surface area contributed by atoms with E-state index in [-0.39, 0.29) is 11.7 Å². The molecule has 0 saturated carbocycles. The topological polar surface area (TPSA) is 45.7 Å². The second-order valence-electron chi connectivity index (χ2n) is 6.72. The van der Waals surface area contributed by atoms with E-state index in [9.17, 15) is 18.0 Å². The van der Waals surface area contributed by atoms with Crippen LogP contribution in [0.1, 0.15) is 25.0 Å². The number of piperidine rings is 1. The van der Waals surface area contributed by atoms with Gasteiger partial charge in [0.15, 0.2) is 0 Å². The van der Waals surface area contributed by atoms with E-state index in [2.05, 4.69) is 4.98 Å². The van der Waals surface area contributed by atoms with Gasteiger partial charge in [0.25, 0.3) is 0 Å². The summed E-state index contributed by atoms with van der Waals surface area (Å²) in [6.07, 6.45) is -2.15. The molecular weight excluding hydrogens is 335 g/mol. The summed E-state index contributed by atoms with van der Waals surface area (Å²) in [5.41, 5.74) is -1.41. The van der Waals surface area contributed by atoms with E-state index >= 15 is 0 Å². The highest BCUT2D eigenvalue weighted by molar-refractivity contribution is 5.85. The lowest BCUT2D eigenvalue weighted by Crippen LogP contribution is -2.51. The van der Waals surface area contributed by atoms with E-state index in [4.69, 9.17) is 4.74 Å². The summed E-state index contributed by atoms with van der Waals surface area (Å²) in [4.78, 5) is 20.3. The smallest absolute Gasteiger partial charge is 0.383 e. The summed E-state index contributed by atoms with van der Waals surface area (Å²) in [6.45, 7) is 2.72. The van der Waals surface area contributed by atoms with Crippen LogP contribution >= 0.6 is 0 Å². The molecule has 1 atom stereocenters. The Bertz CT molecular complexity index is 638. The lowest BCUT2D eigenvalue weighted by molar-refractivity contribution is -0.145. The Labute approximate surface area is 144 Å². The molecule has 2 fully saturated rings. The first-order chi connectivity index (χ1) is 11.9. The van der Waals surface area contributed by atoms with Crippen LogP contribution in [-0.2, 0) is 15.7 Å². The summed E-state index contributed by atoms with van der Waals surface area (Å²) < 4.78 is 43.7. The van der Waals surface area contributed by atoms with Gasteiger partial charge < -0.3 is 14.5 Å². The molecule has 0 unspecified atom stereocenters. The molecule has 3 heterocycles. The number of nitrogens with zero attached hydrogens (tertiary/aromatic N) is 3. The van der Waals surface area contributed by atoms with Gasteiger partial charge in [0, 0.05) is 33.3 Å². The third kappa shape index (κ3) is 3.58. The van der Waals surface area contributed by atoms with Crippen molar-refractivity contribution in [2.45, 2.75) is 25.4 Å². The van der Waals surface area contributed by atoms with Crippen molar-refractivity contribution in [2.24, 2.45) is 5.41 Å². The molecule has 0 aliphatic carbocycles. The summed E-state index contributed by atoms with van der Waals surface area (Å²) in [7, 11) is 1.60. The number of hydrogen-bond acceptors (Lipinski definition) is 4. The van der Waals surface area contributed by atoms with Crippen molar-refractivity contribution in [2.75, 3.05) is 44.8 Å². The summed E-state index contributed by atoms with van der Waals surface area (Å²) in [5, 5.41) is 0. The van der Waals surface area contributed by atoms with Crippen molar-refractivity contribution in [3.8, 4) is 0 Å². The Morgan fingerprint density at radius 2 is 2.08 bits per heavy atom. The highest BCUT2D eigenvalue weighted by Gasteiger charge is 2.48. The number of anilines is 1. The van der Waals surface area contributed by atoms with Gasteiger partial charge in [-0.1, -0.05) is 6.07 Å². The molecule has 0 radical (unpaired) electrons. The third-order valence-electron chi connectivity index (χ3n) is 5.09. The lowest BCUT2D eigenvalue weighted by atomic mass is 9.78. The molecule has 1 spiro atoms. The van der Waals surface area contributed by atoms with E-state index in [1.165, 1.54) is 6.07 Å². The zero-order valence-corrected chi connectivity index (χ0v) is 14.2. The fraction of sp³-hybridized carbons (Fsp3) is 0.647. The molecule has 1 amide bonds. The van der Waals surface area contributed by atoms with Crippen molar-refractivity contribution < 1.29 is 22.7 Å². The second kappa shape index (κ2) is 6.82. The first-order valence-corrected chi connectivity index (χ1v) is 8.43. The maximum Gasteiger partial charge on any atom is 0.433 e. The van der Waals surface area contributed by atoms with Gasteiger partial charge in [0.2, 0.25) is 5.91 Å². The average Bonchev–Trinajstić information content (AvgIpc) is 3.01. The van der Waals surface area contributed by atoms with Crippen LogP contribution in [0.3, 0.4) is 0 Å². The molecule has 3 rings (SSSR count). The van der Waals surface area contributed by atoms with Crippen LogP contribution in [0.25, 0.3) is 0 Å². The van der Waals surface area contributed by atoms with E-state index < -0.39 is 17.3 Å². The predicted molar refractivity (Wildman–Crippen MR) is 86.2 cm³/mol.